The van der Waals surface area contributed by atoms with Crippen LogP contribution in [0.1, 0.15) is 18.1 Å². The van der Waals surface area contributed by atoms with Crippen LogP contribution >= 0.6 is 0 Å². The predicted octanol–water partition coefficient (Wildman–Crippen LogP) is 3.18. The molecule has 2 N–H and O–H groups in total. The van der Waals surface area contributed by atoms with E-state index in [-0.39, 0.29) is 5.91 Å². The molecule has 102 valence electrons. The maximum atomic E-state index is 12.4. The van der Waals surface area contributed by atoms with E-state index in [0.29, 0.717) is 6.42 Å². The van der Waals surface area contributed by atoms with E-state index >= 15 is 0 Å². The number of hydrogen-bond acceptors (Lipinski definition) is 2. The molecular formula is C17H18N2O. The van der Waals surface area contributed by atoms with Crippen molar-refractivity contribution in [2.24, 2.45) is 0 Å². The lowest BCUT2D eigenvalue weighted by atomic mass is 9.78. The average Bonchev–Trinajstić information content (AvgIpc) is 2.72. The van der Waals surface area contributed by atoms with Crippen LogP contribution in [0.5, 0.6) is 0 Å². The average molecular weight is 266 g/mol. The number of rotatable bonds is 3. The highest BCUT2D eigenvalue weighted by molar-refractivity contribution is 6.06. The van der Waals surface area contributed by atoms with Crippen LogP contribution in [0.4, 0.5) is 11.4 Å². The smallest absolute Gasteiger partial charge is 0.235 e. The zero-order chi connectivity index (χ0) is 14.2. The minimum absolute atomic E-state index is 0.0800. The molecule has 0 spiro atoms. The SMILES string of the molecule is CNc1ccc(CC2(C)C(=O)Nc3ccccc32)cc1. The minimum Gasteiger partial charge on any atom is -0.388 e. The van der Waals surface area contributed by atoms with Gasteiger partial charge in [0.05, 0.1) is 5.41 Å². The van der Waals surface area contributed by atoms with Crippen molar-refractivity contribution in [2.45, 2.75) is 18.8 Å². The Kier molecular flexibility index (Phi) is 2.97. The Morgan fingerprint density at radius 1 is 1.10 bits per heavy atom. The second-order valence-electron chi connectivity index (χ2n) is 5.46. The molecule has 1 atom stereocenters. The Balaban J connectivity index is 1.94. The fourth-order valence-corrected chi connectivity index (χ4v) is 2.83. The molecule has 3 heteroatoms. The maximum Gasteiger partial charge on any atom is 0.235 e. The summed E-state index contributed by atoms with van der Waals surface area (Å²) in [6.45, 7) is 2.01. The van der Waals surface area contributed by atoms with Gasteiger partial charge in [-0.1, -0.05) is 30.3 Å². The van der Waals surface area contributed by atoms with E-state index in [0.717, 1.165) is 16.9 Å². The fraction of sp³-hybridized carbons (Fsp3) is 0.235. The highest BCUT2D eigenvalue weighted by Gasteiger charge is 2.42. The number of fused-ring (bicyclic) bond motifs is 1. The third kappa shape index (κ3) is 1.95. The number of benzene rings is 2. The van der Waals surface area contributed by atoms with Gasteiger partial charge in [-0.3, -0.25) is 4.79 Å². The Hall–Kier alpha value is -2.29. The third-order valence-corrected chi connectivity index (χ3v) is 4.07. The summed E-state index contributed by atoms with van der Waals surface area (Å²) in [5.74, 6) is 0.0800. The van der Waals surface area contributed by atoms with E-state index in [4.69, 9.17) is 0 Å². The van der Waals surface area contributed by atoms with Gasteiger partial charge in [-0.05, 0) is 42.7 Å². The zero-order valence-corrected chi connectivity index (χ0v) is 11.7. The number of carbonyl (C=O) groups excluding carboxylic acids is 1. The van der Waals surface area contributed by atoms with Gasteiger partial charge in [0, 0.05) is 18.4 Å². The van der Waals surface area contributed by atoms with Gasteiger partial charge in [0.25, 0.3) is 0 Å². The number of amides is 1. The summed E-state index contributed by atoms with van der Waals surface area (Å²) < 4.78 is 0. The topological polar surface area (TPSA) is 41.1 Å². The van der Waals surface area contributed by atoms with Crippen LogP contribution in [0.2, 0.25) is 0 Å². The first-order valence-electron chi connectivity index (χ1n) is 6.81. The van der Waals surface area contributed by atoms with Crippen molar-refractivity contribution in [3.05, 3.63) is 59.7 Å². The lowest BCUT2D eigenvalue weighted by Crippen LogP contribution is -2.33. The van der Waals surface area contributed by atoms with Gasteiger partial charge in [-0.2, -0.15) is 0 Å². The Morgan fingerprint density at radius 3 is 2.50 bits per heavy atom. The summed E-state index contributed by atoms with van der Waals surface area (Å²) in [4.78, 5) is 12.4. The Morgan fingerprint density at radius 2 is 1.80 bits per heavy atom. The third-order valence-electron chi connectivity index (χ3n) is 4.07. The molecule has 0 aliphatic carbocycles. The molecule has 0 saturated carbocycles. The van der Waals surface area contributed by atoms with E-state index in [1.807, 2.05) is 50.4 Å². The van der Waals surface area contributed by atoms with E-state index < -0.39 is 5.41 Å². The number of anilines is 2. The van der Waals surface area contributed by atoms with Crippen molar-refractivity contribution in [3.8, 4) is 0 Å². The van der Waals surface area contributed by atoms with Crippen LogP contribution in [-0.2, 0) is 16.6 Å². The zero-order valence-electron chi connectivity index (χ0n) is 11.7. The van der Waals surface area contributed by atoms with Gasteiger partial charge in [0.1, 0.15) is 0 Å². The molecule has 2 aromatic carbocycles. The number of hydrogen-bond donors (Lipinski definition) is 2. The Labute approximate surface area is 119 Å². The monoisotopic (exact) mass is 266 g/mol. The molecule has 0 saturated heterocycles. The van der Waals surface area contributed by atoms with Crippen molar-refractivity contribution in [2.75, 3.05) is 17.7 Å². The summed E-state index contributed by atoms with van der Waals surface area (Å²) in [7, 11) is 1.90. The molecule has 0 bridgehead atoms. The number of carbonyl (C=O) groups is 1. The molecule has 2 aromatic rings. The molecule has 1 heterocycles. The van der Waals surface area contributed by atoms with Gasteiger partial charge >= 0.3 is 0 Å². The van der Waals surface area contributed by atoms with E-state index in [2.05, 4.69) is 22.8 Å². The van der Waals surface area contributed by atoms with Crippen molar-refractivity contribution < 1.29 is 4.79 Å². The van der Waals surface area contributed by atoms with Crippen molar-refractivity contribution in [1.82, 2.24) is 0 Å². The summed E-state index contributed by atoms with van der Waals surface area (Å²) in [5.41, 5.74) is 3.78. The van der Waals surface area contributed by atoms with Gasteiger partial charge in [0.15, 0.2) is 0 Å². The molecule has 1 aliphatic rings. The van der Waals surface area contributed by atoms with Gasteiger partial charge in [-0.25, -0.2) is 0 Å². The molecule has 1 unspecified atom stereocenters. The molecule has 0 radical (unpaired) electrons. The number of nitrogens with one attached hydrogen (secondary N) is 2. The van der Waals surface area contributed by atoms with E-state index in [9.17, 15) is 4.79 Å². The van der Waals surface area contributed by atoms with Crippen molar-refractivity contribution in [1.29, 1.82) is 0 Å². The highest BCUT2D eigenvalue weighted by Crippen LogP contribution is 2.39. The predicted molar refractivity (Wildman–Crippen MR) is 82.1 cm³/mol. The fourth-order valence-electron chi connectivity index (χ4n) is 2.83. The lowest BCUT2D eigenvalue weighted by Gasteiger charge is -2.22. The van der Waals surface area contributed by atoms with Crippen molar-refractivity contribution in [3.63, 3.8) is 0 Å². The van der Waals surface area contributed by atoms with Crippen LogP contribution < -0.4 is 10.6 Å². The van der Waals surface area contributed by atoms with Crippen LogP contribution in [0, 0.1) is 0 Å². The molecule has 20 heavy (non-hydrogen) atoms. The lowest BCUT2D eigenvalue weighted by molar-refractivity contribution is -0.120. The first-order valence-corrected chi connectivity index (χ1v) is 6.81. The first-order chi connectivity index (χ1) is 9.63. The Bertz CT molecular complexity index is 648. The molecule has 1 amide bonds. The van der Waals surface area contributed by atoms with E-state index in [1.165, 1.54) is 5.56 Å². The summed E-state index contributed by atoms with van der Waals surface area (Å²) in [6, 6.07) is 16.2. The first kappa shape index (κ1) is 12.7. The van der Waals surface area contributed by atoms with Gasteiger partial charge in [0.2, 0.25) is 5.91 Å². The van der Waals surface area contributed by atoms with Crippen LogP contribution in [0.25, 0.3) is 0 Å². The minimum atomic E-state index is -0.488. The second-order valence-corrected chi connectivity index (χ2v) is 5.46. The molecule has 3 rings (SSSR count). The number of para-hydroxylation sites is 1. The summed E-state index contributed by atoms with van der Waals surface area (Å²) >= 11 is 0. The van der Waals surface area contributed by atoms with Crippen LogP contribution in [-0.4, -0.2) is 13.0 Å². The normalized spacial score (nSPS) is 20.4. The highest BCUT2D eigenvalue weighted by atomic mass is 16.2. The summed E-state index contributed by atoms with van der Waals surface area (Å²) in [5, 5.41) is 6.08. The molecule has 0 aromatic heterocycles. The standard InChI is InChI=1S/C17H18N2O/c1-17(11-12-7-9-13(18-2)10-8-12)14-5-3-4-6-15(14)19-16(17)20/h3-10,18H,11H2,1-2H3,(H,19,20). The van der Waals surface area contributed by atoms with Crippen molar-refractivity contribution >= 4 is 17.3 Å². The molecule has 3 nitrogen and oxygen atoms in total. The largest absolute Gasteiger partial charge is 0.388 e. The van der Waals surface area contributed by atoms with E-state index in [1.54, 1.807) is 0 Å². The maximum absolute atomic E-state index is 12.4. The molecule has 1 aliphatic heterocycles. The van der Waals surface area contributed by atoms with Crippen LogP contribution in [0.3, 0.4) is 0 Å². The van der Waals surface area contributed by atoms with Gasteiger partial charge < -0.3 is 10.6 Å². The molecule has 0 fully saturated rings. The van der Waals surface area contributed by atoms with Gasteiger partial charge in [-0.15, -0.1) is 0 Å². The quantitative estimate of drug-likeness (QED) is 0.896. The molecular weight excluding hydrogens is 248 g/mol. The van der Waals surface area contributed by atoms with Crippen LogP contribution in [0.15, 0.2) is 48.5 Å². The second kappa shape index (κ2) is 4.67. The summed E-state index contributed by atoms with van der Waals surface area (Å²) in [6.07, 6.45) is 0.708.